The van der Waals surface area contributed by atoms with Gasteiger partial charge >= 0.3 is 0 Å². The number of benzene rings is 2. The number of aliphatic hydroxyl groups is 1. The highest BCUT2D eigenvalue weighted by Gasteiger charge is 2.38. The van der Waals surface area contributed by atoms with E-state index in [4.69, 9.17) is 4.18 Å². The molecule has 1 aliphatic heterocycles. The maximum atomic E-state index is 13.9. The third kappa shape index (κ3) is 4.97. The first-order valence-corrected chi connectivity index (χ1v) is 11.4. The minimum atomic E-state index is -3.94. The van der Waals surface area contributed by atoms with Gasteiger partial charge in [-0.1, -0.05) is 30.3 Å². The first-order valence-electron chi connectivity index (χ1n) is 9.58. The molecule has 0 amide bonds. The van der Waals surface area contributed by atoms with Gasteiger partial charge in [0.25, 0.3) is 10.1 Å². The van der Waals surface area contributed by atoms with Crippen LogP contribution in [0.4, 0.5) is 8.78 Å². The third-order valence-electron chi connectivity index (χ3n) is 5.60. The van der Waals surface area contributed by atoms with Crippen LogP contribution in [0, 0.1) is 11.6 Å². The van der Waals surface area contributed by atoms with E-state index in [2.05, 4.69) is 0 Å². The molecule has 9 heteroatoms. The average molecular weight is 441 g/mol. The monoisotopic (exact) mass is 441 g/mol. The smallest absolute Gasteiger partial charge is 0.265 e. The molecule has 3 rings (SSSR count). The third-order valence-corrected chi connectivity index (χ3v) is 6.15. The Morgan fingerprint density at radius 2 is 1.63 bits per heavy atom. The van der Waals surface area contributed by atoms with Crippen LogP contribution in [-0.4, -0.2) is 48.9 Å². The lowest BCUT2D eigenvalue weighted by Crippen LogP contribution is -2.48. The molecular formula is C21H25F2NO5S. The van der Waals surface area contributed by atoms with Gasteiger partial charge in [0.1, 0.15) is 6.10 Å². The standard InChI is InChI=1S/C21H25F2NO5S/c1-14(24-10-8-21(26,9-11-24)16-6-4-3-5-7-16)20(29-30(2,27)28)15-12-17(22)19(25)18(23)13-15/h3-7,12-14,20,25-26H,8-11H2,1-2H3. The Bertz CT molecular complexity index is 969. The van der Waals surface area contributed by atoms with Gasteiger partial charge in [-0.3, -0.25) is 9.08 Å². The van der Waals surface area contributed by atoms with E-state index < -0.39 is 45.2 Å². The van der Waals surface area contributed by atoms with Gasteiger partial charge in [-0.2, -0.15) is 8.42 Å². The zero-order chi connectivity index (χ0) is 22.1. The SMILES string of the molecule is CC(C(OS(C)(=O)=O)c1cc(F)c(O)c(F)c1)N1CCC(O)(c2ccccc2)CC1. The fourth-order valence-electron chi connectivity index (χ4n) is 3.88. The maximum Gasteiger partial charge on any atom is 0.265 e. The van der Waals surface area contributed by atoms with Crippen molar-refractivity contribution in [3.05, 3.63) is 65.2 Å². The molecule has 1 fully saturated rings. The molecule has 6 nitrogen and oxygen atoms in total. The lowest BCUT2D eigenvalue weighted by atomic mass is 9.83. The van der Waals surface area contributed by atoms with E-state index in [0.717, 1.165) is 24.0 Å². The van der Waals surface area contributed by atoms with E-state index in [1.165, 1.54) is 0 Å². The van der Waals surface area contributed by atoms with Crippen molar-refractivity contribution in [2.45, 2.75) is 37.5 Å². The fraction of sp³-hybridized carbons (Fsp3) is 0.429. The van der Waals surface area contributed by atoms with Crippen molar-refractivity contribution in [3.8, 4) is 5.75 Å². The van der Waals surface area contributed by atoms with E-state index in [1.807, 2.05) is 35.2 Å². The summed E-state index contributed by atoms with van der Waals surface area (Å²) in [5.74, 6) is -3.52. The first kappa shape index (κ1) is 22.6. The van der Waals surface area contributed by atoms with E-state index in [1.54, 1.807) is 6.92 Å². The number of halogens is 2. The van der Waals surface area contributed by atoms with Crippen LogP contribution >= 0.6 is 0 Å². The van der Waals surface area contributed by atoms with Crippen LogP contribution < -0.4 is 0 Å². The molecule has 30 heavy (non-hydrogen) atoms. The molecule has 2 aromatic rings. The summed E-state index contributed by atoms with van der Waals surface area (Å²) in [6.45, 7) is 2.56. The molecule has 2 atom stereocenters. The number of phenolic OH excluding ortho intramolecular Hbond substituents is 1. The first-order chi connectivity index (χ1) is 14.0. The summed E-state index contributed by atoms with van der Waals surface area (Å²) in [6, 6.07) is 10.5. The summed E-state index contributed by atoms with van der Waals surface area (Å²) in [5.41, 5.74) is -0.227. The van der Waals surface area contributed by atoms with Gasteiger partial charge in [0, 0.05) is 19.1 Å². The van der Waals surface area contributed by atoms with Crippen LogP contribution in [0.1, 0.15) is 37.0 Å². The molecule has 0 saturated carbocycles. The largest absolute Gasteiger partial charge is 0.503 e. The summed E-state index contributed by atoms with van der Waals surface area (Å²) < 4.78 is 56.6. The van der Waals surface area contributed by atoms with E-state index >= 15 is 0 Å². The highest BCUT2D eigenvalue weighted by Crippen LogP contribution is 2.37. The van der Waals surface area contributed by atoms with Crippen molar-refractivity contribution >= 4 is 10.1 Å². The minimum Gasteiger partial charge on any atom is -0.503 e. The van der Waals surface area contributed by atoms with Crippen LogP contribution in [0.2, 0.25) is 0 Å². The van der Waals surface area contributed by atoms with Crippen LogP contribution in [-0.2, 0) is 19.9 Å². The average Bonchev–Trinajstić information content (AvgIpc) is 2.70. The van der Waals surface area contributed by atoms with Crippen molar-refractivity contribution < 1.29 is 31.6 Å². The molecule has 1 aliphatic rings. The molecule has 2 aromatic carbocycles. The number of likely N-dealkylation sites (tertiary alicyclic amines) is 1. The Balaban J connectivity index is 1.83. The van der Waals surface area contributed by atoms with Crippen molar-refractivity contribution in [1.29, 1.82) is 0 Å². The normalized spacial score (nSPS) is 19.4. The lowest BCUT2D eigenvalue weighted by molar-refractivity contribution is -0.0465. The Morgan fingerprint density at radius 3 is 2.13 bits per heavy atom. The number of hydrogen-bond donors (Lipinski definition) is 2. The van der Waals surface area contributed by atoms with Gasteiger partial charge in [-0.25, -0.2) is 8.78 Å². The van der Waals surface area contributed by atoms with Gasteiger partial charge in [-0.15, -0.1) is 0 Å². The highest BCUT2D eigenvalue weighted by molar-refractivity contribution is 7.86. The Labute approximate surface area is 174 Å². The van der Waals surface area contributed by atoms with E-state index in [9.17, 15) is 27.4 Å². The molecule has 0 spiro atoms. The van der Waals surface area contributed by atoms with Gasteiger partial charge in [0.15, 0.2) is 17.4 Å². The van der Waals surface area contributed by atoms with Crippen molar-refractivity contribution in [2.75, 3.05) is 19.3 Å². The maximum absolute atomic E-state index is 13.9. The Kier molecular flexibility index (Phi) is 6.47. The molecule has 0 radical (unpaired) electrons. The summed E-state index contributed by atoms with van der Waals surface area (Å²) in [6.07, 6.45) is 0.494. The molecule has 0 aromatic heterocycles. The second kappa shape index (κ2) is 8.58. The number of rotatable bonds is 6. The topological polar surface area (TPSA) is 87.1 Å². The number of nitrogens with zero attached hydrogens (tertiary/aromatic N) is 1. The summed E-state index contributed by atoms with van der Waals surface area (Å²) in [4.78, 5) is 1.91. The van der Waals surface area contributed by atoms with Gasteiger partial charge < -0.3 is 10.2 Å². The summed E-state index contributed by atoms with van der Waals surface area (Å²) in [5, 5.41) is 20.4. The summed E-state index contributed by atoms with van der Waals surface area (Å²) in [7, 11) is -3.94. The molecule has 2 N–H and O–H groups in total. The van der Waals surface area contributed by atoms with Crippen LogP contribution in [0.15, 0.2) is 42.5 Å². The molecule has 0 aliphatic carbocycles. The predicted octanol–water partition coefficient (Wildman–Crippen LogP) is 3.06. The van der Waals surface area contributed by atoms with Gasteiger partial charge in [0.05, 0.1) is 11.9 Å². The lowest BCUT2D eigenvalue weighted by Gasteiger charge is -2.42. The second-order valence-electron chi connectivity index (χ2n) is 7.73. The van der Waals surface area contributed by atoms with Crippen LogP contribution in [0.5, 0.6) is 5.75 Å². The molecule has 1 heterocycles. The van der Waals surface area contributed by atoms with E-state index in [-0.39, 0.29) is 5.56 Å². The Hall–Kier alpha value is -2.07. The van der Waals surface area contributed by atoms with Crippen molar-refractivity contribution in [3.63, 3.8) is 0 Å². The molecule has 1 saturated heterocycles. The second-order valence-corrected chi connectivity index (χ2v) is 9.33. The van der Waals surface area contributed by atoms with Gasteiger partial charge in [-0.05, 0) is 43.0 Å². The summed E-state index contributed by atoms with van der Waals surface area (Å²) >= 11 is 0. The van der Waals surface area contributed by atoms with E-state index in [0.29, 0.717) is 25.9 Å². The zero-order valence-electron chi connectivity index (χ0n) is 16.8. The van der Waals surface area contributed by atoms with Gasteiger partial charge in [0.2, 0.25) is 0 Å². The molecule has 0 bridgehead atoms. The number of aromatic hydroxyl groups is 1. The molecule has 164 valence electrons. The number of piperidine rings is 1. The number of phenols is 1. The quantitative estimate of drug-likeness (QED) is 0.670. The van der Waals surface area contributed by atoms with Crippen LogP contribution in [0.3, 0.4) is 0 Å². The fourth-order valence-corrected chi connectivity index (χ4v) is 4.53. The zero-order valence-corrected chi connectivity index (χ0v) is 17.6. The van der Waals surface area contributed by atoms with Crippen molar-refractivity contribution in [2.24, 2.45) is 0 Å². The molecular weight excluding hydrogens is 416 g/mol. The number of hydrogen-bond acceptors (Lipinski definition) is 6. The predicted molar refractivity (Wildman–Crippen MR) is 107 cm³/mol. The minimum absolute atomic E-state index is 0.0374. The molecule has 2 unspecified atom stereocenters. The van der Waals surface area contributed by atoms with Crippen LogP contribution in [0.25, 0.3) is 0 Å². The van der Waals surface area contributed by atoms with Crippen molar-refractivity contribution in [1.82, 2.24) is 4.90 Å². The Morgan fingerprint density at radius 1 is 1.10 bits per heavy atom. The highest BCUT2D eigenvalue weighted by atomic mass is 32.2.